The Hall–Kier alpha value is -1.42. The zero-order chi connectivity index (χ0) is 15.5. The number of carbonyl (C=O) groups is 1. The highest BCUT2D eigenvalue weighted by Gasteiger charge is 2.36. The maximum Gasteiger partial charge on any atom is 0.452 e. The van der Waals surface area contributed by atoms with Crippen molar-refractivity contribution in [3.05, 3.63) is 5.82 Å². The fourth-order valence-electron chi connectivity index (χ4n) is 1.97. The van der Waals surface area contributed by atoms with E-state index < -0.39 is 12.0 Å². The minimum atomic E-state index is -4.50. The molecule has 0 N–H and O–H groups in total. The standard InChI is InChI=1S/C11H15F3N4O2S/c1-20-8(19)2-3-17-4-6-18(7-5-17)10-15-9(16-21-10)11(12,13)14/h2-7H2,1H3. The van der Waals surface area contributed by atoms with Crippen LogP contribution in [0.25, 0.3) is 0 Å². The first-order valence-electron chi connectivity index (χ1n) is 6.35. The summed E-state index contributed by atoms with van der Waals surface area (Å²) in [7, 11) is 1.34. The van der Waals surface area contributed by atoms with Gasteiger partial charge in [-0.05, 0) is 0 Å². The topological polar surface area (TPSA) is 58.6 Å². The van der Waals surface area contributed by atoms with Crippen LogP contribution in [0.2, 0.25) is 0 Å². The van der Waals surface area contributed by atoms with Crippen LogP contribution in [0.3, 0.4) is 0 Å². The number of anilines is 1. The summed E-state index contributed by atoms with van der Waals surface area (Å²) in [4.78, 5) is 18.4. The van der Waals surface area contributed by atoms with Crippen molar-refractivity contribution in [2.24, 2.45) is 0 Å². The lowest BCUT2D eigenvalue weighted by Crippen LogP contribution is -2.47. The van der Waals surface area contributed by atoms with Crippen LogP contribution in [-0.4, -0.2) is 60.1 Å². The lowest BCUT2D eigenvalue weighted by Gasteiger charge is -2.34. The minimum absolute atomic E-state index is 0.267. The predicted molar refractivity (Wildman–Crippen MR) is 70.2 cm³/mol. The molecule has 1 saturated heterocycles. The van der Waals surface area contributed by atoms with Crippen LogP contribution in [-0.2, 0) is 15.7 Å². The number of hydrogen-bond donors (Lipinski definition) is 0. The van der Waals surface area contributed by atoms with E-state index in [9.17, 15) is 18.0 Å². The Kier molecular flexibility index (Phi) is 4.99. The zero-order valence-electron chi connectivity index (χ0n) is 11.4. The van der Waals surface area contributed by atoms with Crippen LogP contribution < -0.4 is 4.90 Å². The number of piperazine rings is 1. The summed E-state index contributed by atoms with van der Waals surface area (Å²) in [5.41, 5.74) is 0. The Morgan fingerprint density at radius 2 is 2.00 bits per heavy atom. The average molecular weight is 324 g/mol. The summed E-state index contributed by atoms with van der Waals surface area (Å²) >= 11 is 0.758. The van der Waals surface area contributed by atoms with Crippen LogP contribution in [0.15, 0.2) is 0 Å². The lowest BCUT2D eigenvalue weighted by molar-refractivity contribution is -0.144. The highest BCUT2D eigenvalue weighted by atomic mass is 32.1. The largest absolute Gasteiger partial charge is 0.469 e. The summed E-state index contributed by atoms with van der Waals surface area (Å²) in [5.74, 6) is -1.35. The quantitative estimate of drug-likeness (QED) is 0.777. The van der Waals surface area contributed by atoms with Gasteiger partial charge in [0.2, 0.25) is 11.0 Å². The molecule has 2 rings (SSSR count). The van der Waals surface area contributed by atoms with Gasteiger partial charge in [-0.1, -0.05) is 0 Å². The number of nitrogens with zero attached hydrogens (tertiary/aromatic N) is 4. The summed E-state index contributed by atoms with van der Waals surface area (Å²) in [6.45, 7) is 3.04. The zero-order valence-corrected chi connectivity index (χ0v) is 12.2. The number of rotatable bonds is 4. The third-order valence-corrected chi connectivity index (χ3v) is 3.95. The minimum Gasteiger partial charge on any atom is -0.469 e. The molecule has 1 aliphatic rings. The number of esters is 1. The molecular formula is C11H15F3N4O2S. The first-order chi connectivity index (χ1) is 9.90. The van der Waals surface area contributed by atoms with Gasteiger partial charge in [0.1, 0.15) is 0 Å². The van der Waals surface area contributed by atoms with Gasteiger partial charge in [-0.3, -0.25) is 9.69 Å². The molecule has 0 radical (unpaired) electrons. The molecule has 0 atom stereocenters. The van der Waals surface area contributed by atoms with E-state index in [0.717, 1.165) is 11.5 Å². The van der Waals surface area contributed by atoms with Crippen molar-refractivity contribution in [2.75, 3.05) is 44.7 Å². The highest BCUT2D eigenvalue weighted by Crippen LogP contribution is 2.30. The summed E-state index contributed by atoms with van der Waals surface area (Å²) in [5, 5.41) is 0.287. The van der Waals surface area contributed by atoms with E-state index in [0.29, 0.717) is 39.1 Å². The first-order valence-corrected chi connectivity index (χ1v) is 7.12. The molecular weight excluding hydrogens is 309 g/mol. The third-order valence-electron chi connectivity index (χ3n) is 3.17. The second kappa shape index (κ2) is 6.56. The second-order valence-corrected chi connectivity index (χ2v) is 5.28. The number of methoxy groups -OCH3 is 1. The Morgan fingerprint density at radius 1 is 1.33 bits per heavy atom. The number of alkyl halides is 3. The molecule has 2 heterocycles. The summed E-state index contributed by atoms with van der Waals surface area (Å²) in [6, 6.07) is 0. The second-order valence-electron chi connectivity index (χ2n) is 4.55. The van der Waals surface area contributed by atoms with E-state index >= 15 is 0 Å². The number of halogens is 3. The molecule has 1 aromatic heterocycles. The Labute approximate surface area is 123 Å². The molecule has 21 heavy (non-hydrogen) atoms. The van der Waals surface area contributed by atoms with Crippen molar-refractivity contribution in [3.63, 3.8) is 0 Å². The Balaban J connectivity index is 1.84. The third kappa shape index (κ3) is 4.27. The average Bonchev–Trinajstić information content (AvgIpc) is 2.95. The number of hydrogen-bond acceptors (Lipinski definition) is 7. The Morgan fingerprint density at radius 3 is 2.52 bits per heavy atom. The predicted octanol–water partition coefficient (Wildman–Crippen LogP) is 1.24. The van der Waals surface area contributed by atoms with Gasteiger partial charge >= 0.3 is 12.1 Å². The number of carbonyl (C=O) groups excluding carboxylic acids is 1. The van der Waals surface area contributed by atoms with Crippen molar-refractivity contribution in [3.8, 4) is 0 Å². The molecule has 1 aliphatic heterocycles. The smallest absolute Gasteiger partial charge is 0.452 e. The Bertz CT molecular complexity index is 486. The molecule has 0 aromatic carbocycles. The van der Waals surface area contributed by atoms with Gasteiger partial charge in [0.15, 0.2) is 0 Å². The first kappa shape index (κ1) is 16.0. The SMILES string of the molecule is COC(=O)CCN1CCN(c2nc(C(F)(F)F)ns2)CC1. The van der Waals surface area contributed by atoms with Gasteiger partial charge in [0.05, 0.1) is 13.5 Å². The molecule has 10 heteroatoms. The van der Waals surface area contributed by atoms with Crippen LogP contribution in [0, 0.1) is 0 Å². The lowest BCUT2D eigenvalue weighted by atomic mass is 10.3. The van der Waals surface area contributed by atoms with E-state index in [1.165, 1.54) is 7.11 Å². The summed E-state index contributed by atoms with van der Waals surface area (Å²) in [6.07, 6.45) is -4.19. The maximum absolute atomic E-state index is 12.5. The van der Waals surface area contributed by atoms with E-state index in [1.807, 2.05) is 0 Å². The molecule has 0 aliphatic carbocycles. The van der Waals surface area contributed by atoms with Crippen molar-refractivity contribution in [1.29, 1.82) is 0 Å². The van der Waals surface area contributed by atoms with Gasteiger partial charge in [0.25, 0.3) is 0 Å². The van der Waals surface area contributed by atoms with Crippen molar-refractivity contribution >= 4 is 22.6 Å². The molecule has 118 valence electrons. The van der Waals surface area contributed by atoms with Crippen LogP contribution in [0.1, 0.15) is 12.2 Å². The highest BCUT2D eigenvalue weighted by molar-refractivity contribution is 7.09. The van der Waals surface area contributed by atoms with Gasteiger partial charge in [-0.15, -0.1) is 0 Å². The fourth-order valence-corrected chi connectivity index (χ4v) is 2.71. The monoisotopic (exact) mass is 324 g/mol. The van der Waals surface area contributed by atoms with E-state index in [1.54, 1.807) is 4.90 Å². The normalized spacial score (nSPS) is 17.0. The van der Waals surface area contributed by atoms with Crippen LogP contribution in [0.5, 0.6) is 0 Å². The molecule has 0 bridgehead atoms. The van der Waals surface area contributed by atoms with Gasteiger partial charge < -0.3 is 9.64 Å². The van der Waals surface area contributed by atoms with E-state index in [2.05, 4.69) is 19.0 Å². The molecule has 0 amide bonds. The molecule has 0 saturated carbocycles. The maximum atomic E-state index is 12.5. The van der Waals surface area contributed by atoms with Crippen molar-refractivity contribution < 1.29 is 22.7 Å². The summed E-state index contributed by atoms with van der Waals surface area (Å²) < 4.78 is 45.3. The molecule has 1 fully saturated rings. The van der Waals surface area contributed by atoms with Gasteiger partial charge in [0, 0.05) is 44.3 Å². The van der Waals surface area contributed by atoms with E-state index in [-0.39, 0.29) is 11.1 Å². The fraction of sp³-hybridized carbons (Fsp3) is 0.727. The number of ether oxygens (including phenoxy) is 1. The van der Waals surface area contributed by atoms with Crippen molar-refractivity contribution in [2.45, 2.75) is 12.6 Å². The van der Waals surface area contributed by atoms with Crippen LogP contribution in [0.4, 0.5) is 18.3 Å². The van der Waals surface area contributed by atoms with Gasteiger partial charge in [-0.25, -0.2) is 0 Å². The molecule has 0 unspecified atom stereocenters. The molecule has 6 nitrogen and oxygen atoms in total. The molecule has 0 spiro atoms. The molecule has 1 aromatic rings. The van der Waals surface area contributed by atoms with Gasteiger partial charge in [-0.2, -0.15) is 22.5 Å². The van der Waals surface area contributed by atoms with Crippen molar-refractivity contribution in [1.82, 2.24) is 14.3 Å². The number of aromatic nitrogens is 2. The van der Waals surface area contributed by atoms with Crippen LogP contribution >= 0.6 is 11.5 Å². The van der Waals surface area contributed by atoms with E-state index in [4.69, 9.17) is 0 Å².